The van der Waals surface area contributed by atoms with Crippen LogP contribution in [0.1, 0.15) is 30.4 Å². The molecule has 1 aromatic heterocycles. The maximum Gasteiger partial charge on any atom is 0.230 e. The average molecular weight is 439 g/mol. The van der Waals surface area contributed by atoms with Crippen LogP contribution in [-0.4, -0.2) is 40.3 Å². The van der Waals surface area contributed by atoms with Crippen LogP contribution in [0.2, 0.25) is 0 Å². The third kappa shape index (κ3) is 5.49. The first-order valence-electron chi connectivity index (χ1n) is 11.8. The third-order valence-corrected chi connectivity index (χ3v) is 6.18. The van der Waals surface area contributed by atoms with Crippen molar-refractivity contribution in [2.75, 3.05) is 19.6 Å². The predicted octanol–water partition coefficient (Wildman–Crippen LogP) is 5.85. The lowest BCUT2D eigenvalue weighted by Crippen LogP contribution is -2.32. The molecule has 0 amide bonds. The zero-order chi connectivity index (χ0) is 22.3. The fourth-order valence-corrected chi connectivity index (χ4v) is 4.33. The van der Waals surface area contributed by atoms with E-state index >= 15 is 0 Å². The molecule has 0 aliphatic carbocycles. The molecule has 5 rings (SSSR count). The van der Waals surface area contributed by atoms with Crippen LogP contribution >= 0.6 is 0 Å². The summed E-state index contributed by atoms with van der Waals surface area (Å²) >= 11 is 0. The van der Waals surface area contributed by atoms with Crippen molar-refractivity contribution in [2.45, 2.75) is 32.4 Å². The van der Waals surface area contributed by atoms with E-state index in [1.54, 1.807) is 0 Å². The highest BCUT2D eigenvalue weighted by Crippen LogP contribution is 2.22. The molecule has 0 bridgehead atoms. The Bertz CT molecular complexity index is 1190. The van der Waals surface area contributed by atoms with Gasteiger partial charge in [-0.1, -0.05) is 48.9 Å². The van der Waals surface area contributed by atoms with Gasteiger partial charge in [-0.2, -0.15) is 0 Å². The summed E-state index contributed by atoms with van der Waals surface area (Å²) in [7, 11) is 0. The number of benzene rings is 3. The Hall–Kier alpha value is -3.44. The van der Waals surface area contributed by atoms with Gasteiger partial charge in [0.2, 0.25) is 5.95 Å². The number of nitrogens with zero attached hydrogens (tertiary/aromatic N) is 4. The maximum absolute atomic E-state index is 5.89. The summed E-state index contributed by atoms with van der Waals surface area (Å²) in [5, 5.41) is 0. The highest BCUT2D eigenvalue weighted by molar-refractivity contribution is 5.83. The van der Waals surface area contributed by atoms with E-state index < -0.39 is 0 Å². The van der Waals surface area contributed by atoms with Crippen LogP contribution in [0.5, 0.6) is 5.75 Å². The van der Waals surface area contributed by atoms with Crippen molar-refractivity contribution in [3.63, 3.8) is 0 Å². The molecular formula is C28H30N4O. The molecule has 1 saturated heterocycles. The normalized spacial score (nSPS) is 14.8. The lowest BCUT2D eigenvalue weighted by Gasteiger charge is -2.26. The first-order chi connectivity index (χ1) is 16.3. The standard InChI is InChI=1S/C28H30N4O/c1-3-9-24(10-4-1)22-33-25-15-13-23(14-16-25)21-29-28-30-26-11-5-6-12-27(26)32(28)20-19-31-17-7-2-8-18-31/h1,3-6,9-16,21H,2,7-8,17-20,22H2/b29-21+. The van der Waals surface area contributed by atoms with Crippen LogP contribution in [0.25, 0.3) is 11.0 Å². The second kappa shape index (κ2) is 10.5. The zero-order valence-electron chi connectivity index (χ0n) is 18.9. The van der Waals surface area contributed by atoms with Gasteiger partial charge in [0, 0.05) is 19.3 Å². The van der Waals surface area contributed by atoms with E-state index in [9.17, 15) is 0 Å². The topological polar surface area (TPSA) is 42.7 Å². The average Bonchev–Trinajstić information content (AvgIpc) is 3.24. The van der Waals surface area contributed by atoms with Crippen LogP contribution in [0.15, 0.2) is 83.9 Å². The van der Waals surface area contributed by atoms with Crippen molar-refractivity contribution in [3.8, 4) is 5.75 Å². The van der Waals surface area contributed by atoms with E-state index in [1.165, 1.54) is 32.4 Å². The highest BCUT2D eigenvalue weighted by Gasteiger charge is 2.13. The number of hydrogen-bond donors (Lipinski definition) is 0. The predicted molar refractivity (Wildman–Crippen MR) is 134 cm³/mol. The minimum atomic E-state index is 0.565. The number of aliphatic imine (C=N–C) groups is 1. The second-order valence-corrected chi connectivity index (χ2v) is 8.56. The van der Waals surface area contributed by atoms with Crippen LogP contribution < -0.4 is 4.74 Å². The Morgan fingerprint density at radius 1 is 0.818 bits per heavy atom. The molecule has 0 saturated carbocycles. The molecule has 33 heavy (non-hydrogen) atoms. The van der Waals surface area contributed by atoms with Crippen molar-refractivity contribution < 1.29 is 4.74 Å². The fraction of sp³-hybridized carbons (Fsp3) is 0.286. The lowest BCUT2D eigenvalue weighted by atomic mass is 10.1. The number of hydrogen-bond acceptors (Lipinski definition) is 4. The lowest BCUT2D eigenvalue weighted by molar-refractivity contribution is 0.222. The molecule has 0 spiro atoms. The van der Waals surface area contributed by atoms with Gasteiger partial charge < -0.3 is 14.2 Å². The molecule has 1 fully saturated rings. The minimum Gasteiger partial charge on any atom is -0.489 e. The van der Waals surface area contributed by atoms with Gasteiger partial charge in [-0.3, -0.25) is 0 Å². The number of rotatable bonds is 8. The van der Waals surface area contributed by atoms with Crippen molar-refractivity contribution in [1.29, 1.82) is 0 Å². The van der Waals surface area contributed by atoms with E-state index in [0.717, 1.165) is 46.9 Å². The summed E-state index contributed by atoms with van der Waals surface area (Å²) in [5.74, 6) is 1.61. The summed E-state index contributed by atoms with van der Waals surface area (Å²) in [6, 6.07) is 26.5. The van der Waals surface area contributed by atoms with Gasteiger partial charge in [0.25, 0.3) is 0 Å². The van der Waals surface area contributed by atoms with E-state index in [0.29, 0.717) is 6.61 Å². The number of fused-ring (bicyclic) bond motifs is 1. The quantitative estimate of drug-likeness (QED) is 0.324. The number of para-hydroxylation sites is 2. The molecule has 1 aliphatic rings. The van der Waals surface area contributed by atoms with Crippen molar-refractivity contribution >= 4 is 23.2 Å². The molecule has 5 heteroatoms. The van der Waals surface area contributed by atoms with E-state index in [4.69, 9.17) is 14.7 Å². The summed E-state index contributed by atoms with van der Waals surface area (Å²) < 4.78 is 8.14. The number of ether oxygens (including phenoxy) is 1. The van der Waals surface area contributed by atoms with Gasteiger partial charge in [0.05, 0.1) is 11.0 Å². The van der Waals surface area contributed by atoms with Gasteiger partial charge in [0.1, 0.15) is 12.4 Å². The Kier molecular flexibility index (Phi) is 6.78. The largest absolute Gasteiger partial charge is 0.489 e. The molecule has 0 unspecified atom stereocenters. The molecule has 168 valence electrons. The van der Waals surface area contributed by atoms with Crippen molar-refractivity contribution in [2.24, 2.45) is 4.99 Å². The molecule has 3 aromatic carbocycles. The number of likely N-dealkylation sites (tertiary alicyclic amines) is 1. The molecule has 0 atom stereocenters. The van der Waals surface area contributed by atoms with Crippen molar-refractivity contribution in [1.82, 2.24) is 14.5 Å². The third-order valence-electron chi connectivity index (χ3n) is 6.18. The van der Waals surface area contributed by atoms with E-state index in [2.05, 4.69) is 39.8 Å². The number of piperidine rings is 1. The van der Waals surface area contributed by atoms with Gasteiger partial charge in [-0.15, -0.1) is 0 Å². The second-order valence-electron chi connectivity index (χ2n) is 8.56. The minimum absolute atomic E-state index is 0.565. The summed E-state index contributed by atoms with van der Waals surface area (Å²) in [5.41, 5.74) is 4.32. The first kappa shape index (κ1) is 21.4. The summed E-state index contributed by atoms with van der Waals surface area (Å²) in [4.78, 5) is 12.1. The SMILES string of the molecule is C(=N\c1nc2ccccc2n1CCN1CCCCC1)/c1ccc(OCc2ccccc2)cc1. The number of aromatic nitrogens is 2. The summed E-state index contributed by atoms with van der Waals surface area (Å²) in [6.07, 6.45) is 5.86. The van der Waals surface area contributed by atoms with Crippen LogP contribution in [0, 0.1) is 0 Å². The molecule has 0 radical (unpaired) electrons. The molecule has 1 aliphatic heterocycles. The van der Waals surface area contributed by atoms with Crippen molar-refractivity contribution in [3.05, 3.63) is 90.0 Å². The van der Waals surface area contributed by atoms with Crippen LogP contribution in [0.3, 0.4) is 0 Å². The molecular weight excluding hydrogens is 408 g/mol. The molecule has 5 nitrogen and oxygen atoms in total. The Morgan fingerprint density at radius 2 is 1.58 bits per heavy atom. The highest BCUT2D eigenvalue weighted by atomic mass is 16.5. The summed E-state index contributed by atoms with van der Waals surface area (Å²) in [6.45, 7) is 4.90. The molecule has 4 aromatic rings. The smallest absolute Gasteiger partial charge is 0.230 e. The van der Waals surface area contributed by atoms with Gasteiger partial charge in [-0.25, -0.2) is 9.98 Å². The molecule has 0 N–H and O–H groups in total. The van der Waals surface area contributed by atoms with E-state index in [-0.39, 0.29) is 0 Å². The Labute approximate surface area is 195 Å². The monoisotopic (exact) mass is 438 g/mol. The zero-order valence-corrected chi connectivity index (χ0v) is 18.9. The Balaban J connectivity index is 1.28. The molecule has 2 heterocycles. The Morgan fingerprint density at radius 3 is 2.39 bits per heavy atom. The number of imidazole rings is 1. The van der Waals surface area contributed by atoms with Crippen LogP contribution in [-0.2, 0) is 13.2 Å². The van der Waals surface area contributed by atoms with E-state index in [1.807, 2.05) is 54.7 Å². The van der Waals surface area contributed by atoms with Gasteiger partial charge in [-0.05, 0) is 73.5 Å². The first-order valence-corrected chi connectivity index (χ1v) is 11.8. The van der Waals surface area contributed by atoms with Gasteiger partial charge in [0.15, 0.2) is 0 Å². The maximum atomic E-state index is 5.89. The fourth-order valence-electron chi connectivity index (χ4n) is 4.33. The van der Waals surface area contributed by atoms with Crippen LogP contribution in [0.4, 0.5) is 5.95 Å². The van der Waals surface area contributed by atoms with Gasteiger partial charge >= 0.3 is 0 Å².